The Morgan fingerprint density at radius 1 is 1.03 bits per heavy atom. The van der Waals surface area contributed by atoms with Gasteiger partial charge in [0.15, 0.2) is 0 Å². The molecule has 0 saturated carbocycles. The summed E-state index contributed by atoms with van der Waals surface area (Å²) in [5.74, 6) is 1.63. The molecule has 0 amide bonds. The lowest BCUT2D eigenvalue weighted by Gasteiger charge is -2.34. The topological polar surface area (TPSA) is 97.3 Å². The quantitative estimate of drug-likeness (QED) is 0.645. The Hall–Kier alpha value is -3.04. The van der Waals surface area contributed by atoms with E-state index in [1.54, 1.807) is 54.1 Å². The van der Waals surface area contributed by atoms with E-state index in [4.69, 9.17) is 4.74 Å². The zero-order valence-electron chi connectivity index (χ0n) is 16.6. The van der Waals surface area contributed by atoms with Gasteiger partial charge in [-0.3, -0.25) is 0 Å². The predicted molar refractivity (Wildman–Crippen MR) is 113 cm³/mol. The molecule has 1 atom stereocenters. The Kier molecular flexibility index (Phi) is 5.91. The summed E-state index contributed by atoms with van der Waals surface area (Å²) in [6.07, 6.45) is 5.77. The van der Waals surface area contributed by atoms with Gasteiger partial charge in [0.1, 0.15) is 11.6 Å². The van der Waals surface area contributed by atoms with Crippen LogP contribution in [-0.4, -0.2) is 41.3 Å². The van der Waals surface area contributed by atoms with Crippen molar-refractivity contribution >= 4 is 21.8 Å². The van der Waals surface area contributed by atoms with E-state index in [2.05, 4.69) is 20.3 Å². The lowest BCUT2D eigenvalue weighted by molar-refractivity contribution is 0.251. The Labute approximate surface area is 176 Å². The molecule has 3 aromatic rings. The van der Waals surface area contributed by atoms with Crippen molar-refractivity contribution in [2.24, 2.45) is 0 Å². The van der Waals surface area contributed by atoms with Gasteiger partial charge in [-0.2, -0.15) is 4.31 Å². The van der Waals surface area contributed by atoms with Gasteiger partial charge in [0, 0.05) is 18.9 Å². The van der Waals surface area contributed by atoms with Crippen LogP contribution in [0.15, 0.2) is 65.8 Å². The van der Waals surface area contributed by atoms with Gasteiger partial charge in [-0.05, 0) is 55.3 Å². The third kappa shape index (κ3) is 4.27. The molecule has 0 aliphatic carbocycles. The van der Waals surface area contributed by atoms with Crippen molar-refractivity contribution < 1.29 is 13.2 Å². The molecular weight excluding hydrogens is 402 g/mol. The highest BCUT2D eigenvalue weighted by Crippen LogP contribution is 2.35. The first kappa shape index (κ1) is 20.2. The van der Waals surface area contributed by atoms with E-state index < -0.39 is 10.0 Å². The van der Waals surface area contributed by atoms with Crippen molar-refractivity contribution in [3.05, 3.63) is 66.6 Å². The molecule has 2 aromatic heterocycles. The Balaban J connectivity index is 1.63. The van der Waals surface area contributed by atoms with Crippen LogP contribution in [-0.2, 0) is 10.0 Å². The molecule has 0 bridgehead atoms. The second-order valence-corrected chi connectivity index (χ2v) is 8.84. The zero-order chi connectivity index (χ0) is 21.0. The average molecular weight is 426 g/mol. The number of ether oxygens (including phenoxy) is 1. The third-order valence-corrected chi connectivity index (χ3v) is 6.97. The van der Waals surface area contributed by atoms with E-state index in [0.29, 0.717) is 36.2 Å². The molecule has 3 heterocycles. The molecule has 4 rings (SSSR count). The molecule has 1 N–H and O–H groups in total. The van der Waals surface area contributed by atoms with Gasteiger partial charge in [0.25, 0.3) is 0 Å². The minimum atomic E-state index is -3.67. The first-order valence-corrected chi connectivity index (χ1v) is 11.2. The minimum Gasteiger partial charge on any atom is -0.497 e. The molecule has 0 spiro atoms. The van der Waals surface area contributed by atoms with Gasteiger partial charge >= 0.3 is 0 Å². The maximum atomic E-state index is 13.4. The van der Waals surface area contributed by atoms with E-state index in [9.17, 15) is 8.42 Å². The van der Waals surface area contributed by atoms with E-state index >= 15 is 0 Å². The molecule has 1 aromatic carbocycles. The lowest BCUT2D eigenvalue weighted by atomic mass is 10.0. The SMILES string of the molecule is COc1ccc(S(=O)(=O)N2CCCC[C@@H]2c2ccnc(Nc3ccccn3)n2)cc1. The van der Waals surface area contributed by atoms with Crippen LogP contribution in [0.25, 0.3) is 0 Å². The first-order chi connectivity index (χ1) is 14.6. The number of rotatable bonds is 6. The van der Waals surface area contributed by atoms with Crippen LogP contribution in [0.5, 0.6) is 5.75 Å². The maximum absolute atomic E-state index is 13.4. The fraction of sp³-hybridized carbons (Fsp3) is 0.286. The number of sulfonamides is 1. The van der Waals surface area contributed by atoms with Crippen molar-refractivity contribution in [1.29, 1.82) is 0 Å². The summed E-state index contributed by atoms with van der Waals surface area (Å²) in [6, 6.07) is 13.4. The molecule has 9 heteroatoms. The third-order valence-electron chi connectivity index (χ3n) is 5.04. The second-order valence-electron chi connectivity index (χ2n) is 6.95. The number of piperidine rings is 1. The van der Waals surface area contributed by atoms with Crippen LogP contribution >= 0.6 is 0 Å². The predicted octanol–water partition coefficient (Wildman–Crippen LogP) is 3.54. The summed E-state index contributed by atoms with van der Waals surface area (Å²) in [6.45, 7) is 0.450. The first-order valence-electron chi connectivity index (χ1n) is 9.75. The van der Waals surface area contributed by atoms with Crippen LogP contribution in [0.2, 0.25) is 0 Å². The van der Waals surface area contributed by atoms with Crippen molar-refractivity contribution in [3.63, 3.8) is 0 Å². The highest BCUT2D eigenvalue weighted by atomic mass is 32.2. The van der Waals surface area contributed by atoms with E-state index in [0.717, 1.165) is 12.8 Å². The van der Waals surface area contributed by atoms with Crippen LogP contribution in [0.1, 0.15) is 31.0 Å². The summed E-state index contributed by atoms with van der Waals surface area (Å²) < 4.78 is 33.4. The van der Waals surface area contributed by atoms with Gasteiger partial charge < -0.3 is 10.1 Å². The standard InChI is InChI=1S/C21H23N5O3S/c1-29-16-8-10-17(11-9-16)30(27,28)26-15-5-3-6-19(26)18-12-14-23-21(24-18)25-20-7-2-4-13-22-20/h2,4,7-14,19H,3,5-6,15H2,1H3,(H,22,23,24,25)/t19-/m1/s1. The highest BCUT2D eigenvalue weighted by Gasteiger charge is 2.35. The van der Waals surface area contributed by atoms with Gasteiger partial charge in [-0.1, -0.05) is 12.5 Å². The molecule has 8 nitrogen and oxygen atoms in total. The summed E-state index contributed by atoms with van der Waals surface area (Å²) in [5, 5.41) is 3.07. The Morgan fingerprint density at radius 3 is 2.60 bits per heavy atom. The van der Waals surface area contributed by atoms with Gasteiger partial charge in [-0.25, -0.2) is 23.4 Å². The van der Waals surface area contributed by atoms with Crippen molar-refractivity contribution in [1.82, 2.24) is 19.3 Å². The van der Waals surface area contributed by atoms with Gasteiger partial charge in [0.05, 0.1) is 23.7 Å². The van der Waals surface area contributed by atoms with Crippen LogP contribution in [0, 0.1) is 0 Å². The molecule has 156 valence electrons. The normalized spacial score (nSPS) is 17.4. The smallest absolute Gasteiger partial charge is 0.243 e. The molecule has 1 saturated heterocycles. The summed E-state index contributed by atoms with van der Waals surface area (Å²) in [4.78, 5) is 13.3. The van der Waals surface area contributed by atoms with E-state index in [1.165, 1.54) is 0 Å². The molecule has 1 aliphatic rings. The lowest BCUT2D eigenvalue weighted by Crippen LogP contribution is -2.38. The number of nitrogens with one attached hydrogen (secondary N) is 1. The minimum absolute atomic E-state index is 0.246. The number of nitrogens with zero attached hydrogens (tertiary/aromatic N) is 4. The molecule has 0 radical (unpaired) electrons. The average Bonchev–Trinajstić information content (AvgIpc) is 2.80. The van der Waals surface area contributed by atoms with Crippen molar-refractivity contribution in [3.8, 4) is 5.75 Å². The monoisotopic (exact) mass is 425 g/mol. The largest absolute Gasteiger partial charge is 0.497 e. The molecule has 1 aliphatic heterocycles. The van der Waals surface area contributed by atoms with Crippen molar-refractivity contribution in [2.45, 2.75) is 30.2 Å². The summed E-state index contributed by atoms with van der Waals surface area (Å²) in [7, 11) is -2.12. The number of benzene rings is 1. The number of hydrogen-bond acceptors (Lipinski definition) is 7. The molecular formula is C21H23N5O3S. The second kappa shape index (κ2) is 8.76. The fourth-order valence-electron chi connectivity index (χ4n) is 3.54. The summed E-state index contributed by atoms with van der Waals surface area (Å²) in [5.41, 5.74) is 0.667. The maximum Gasteiger partial charge on any atom is 0.243 e. The van der Waals surface area contributed by atoms with Crippen LogP contribution in [0.3, 0.4) is 0 Å². The number of methoxy groups -OCH3 is 1. The molecule has 0 unspecified atom stereocenters. The van der Waals surface area contributed by atoms with Crippen molar-refractivity contribution in [2.75, 3.05) is 19.0 Å². The van der Waals surface area contributed by atoms with Gasteiger partial charge in [-0.15, -0.1) is 0 Å². The van der Waals surface area contributed by atoms with E-state index in [-0.39, 0.29) is 10.9 Å². The summed E-state index contributed by atoms with van der Waals surface area (Å²) >= 11 is 0. The number of aromatic nitrogens is 3. The number of pyridine rings is 1. The highest BCUT2D eigenvalue weighted by molar-refractivity contribution is 7.89. The number of anilines is 2. The molecule has 30 heavy (non-hydrogen) atoms. The van der Waals surface area contributed by atoms with Crippen LogP contribution in [0.4, 0.5) is 11.8 Å². The molecule has 1 fully saturated rings. The van der Waals surface area contributed by atoms with E-state index in [1.807, 2.05) is 18.2 Å². The number of hydrogen-bond donors (Lipinski definition) is 1. The van der Waals surface area contributed by atoms with Crippen LogP contribution < -0.4 is 10.1 Å². The Bertz CT molecular complexity index is 1090. The Morgan fingerprint density at radius 2 is 1.87 bits per heavy atom. The van der Waals surface area contributed by atoms with Gasteiger partial charge in [0.2, 0.25) is 16.0 Å². The fourth-order valence-corrected chi connectivity index (χ4v) is 5.21. The zero-order valence-corrected chi connectivity index (χ0v) is 17.4.